The van der Waals surface area contributed by atoms with Crippen LogP contribution in [-0.4, -0.2) is 62.8 Å². The second-order valence-corrected chi connectivity index (χ2v) is 9.55. The highest BCUT2D eigenvalue weighted by Crippen LogP contribution is 2.44. The van der Waals surface area contributed by atoms with Crippen molar-refractivity contribution in [3.05, 3.63) is 11.6 Å². The first-order chi connectivity index (χ1) is 13.7. The molecule has 0 radical (unpaired) electrons. The third kappa shape index (κ3) is 4.75. The Labute approximate surface area is 174 Å². The van der Waals surface area contributed by atoms with E-state index in [-0.39, 0.29) is 23.8 Å². The molecule has 3 fully saturated rings. The molecular formula is C21H38ClN5O. The molecule has 28 heavy (non-hydrogen) atoms. The molecule has 0 aromatic heterocycles. The molecular weight excluding hydrogens is 374 g/mol. The quantitative estimate of drug-likeness (QED) is 0.356. The normalized spacial score (nSPS) is 45.0. The predicted octanol–water partition coefficient (Wildman–Crippen LogP) is 1.48. The predicted molar refractivity (Wildman–Crippen MR) is 114 cm³/mol. The van der Waals surface area contributed by atoms with Crippen molar-refractivity contribution in [3.63, 3.8) is 0 Å². The van der Waals surface area contributed by atoms with Gasteiger partial charge in [-0.15, -0.1) is 11.6 Å². The van der Waals surface area contributed by atoms with Crippen molar-refractivity contribution < 1.29 is 4.74 Å². The highest BCUT2D eigenvalue weighted by Gasteiger charge is 2.47. The van der Waals surface area contributed by atoms with Gasteiger partial charge in [0.15, 0.2) is 0 Å². The minimum absolute atomic E-state index is 0.0533. The fraction of sp³-hybridized carbons (Fsp3) is 0.905. The summed E-state index contributed by atoms with van der Waals surface area (Å²) in [6.45, 7) is 5.18. The zero-order valence-corrected chi connectivity index (χ0v) is 18.1. The number of alkyl halides is 1. The molecule has 0 spiro atoms. The molecule has 4 rings (SSSR count). The standard InChI is InChI=1S/C21H38ClN5O/c1-13-11-17(23-2)27-21(25-13)26-16-12-15-6-4-10-28-20(15)18(19(16)22)14-5-3-8-24-9-7-14/h7,13,15-21,23-27H,3-6,8-12H2,1-2H3. The summed E-state index contributed by atoms with van der Waals surface area (Å²) in [4.78, 5) is 0. The molecule has 2 saturated heterocycles. The molecule has 160 valence electrons. The van der Waals surface area contributed by atoms with Gasteiger partial charge in [-0.2, -0.15) is 0 Å². The van der Waals surface area contributed by atoms with E-state index in [1.807, 2.05) is 7.05 Å². The van der Waals surface area contributed by atoms with Gasteiger partial charge in [0.25, 0.3) is 0 Å². The zero-order chi connectivity index (χ0) is 19.5. The summed E-state index contributed by atoms with van der Waals surface area (Å²) >= 11 is 7.21. The van der Waals surface area contributed by atoms with E-state index < -0.39 is 0 Å². The maximum atomic E-state index is 7.21. The highest BCUT2D eigenvalue weighted by molar-refractivity contribution is 6.21. The maximum absolute atomic E-state index is 7.21. The summed E-state index contributed by atoms with van der Waals surface area (Å²) in [5.74, 6) is 0.920. The van der Waals surface area contributed by atoms with Gasteiger partial charge in [-0.25, -0.2) is 0 Å². The van der Waals surface area contributed by atoms with Gasteiger partial charge in [-0.3, -0.25) is 16.0 Å². The minimum atomic E-state index is 0.0533. The van der Waals surface area contributed by atoms with Crippen LogP contribution in [0.25, 0.3) is 0 Å². The van der Waals surface area contributed by atoms with Crippen LogP contribution in [0.2, 0.25) is 0 Å². The summed E-state index contributed by atoms with van der Waals surface area (Å²) in [7, 11) is 2.02. The number of hydrogen-bond acceptors (Lipinski definition) is 6. The van der Waals surface area contributed by atoms with Crippen LogP contribution in [0, 0.1) is 11.8 Å². The number of fused-ring (bicyclic) bond motifs is 1. The Morgan fingerprint density at radius 3 is 2.96 bits per heavy atom. The van der Waals surface area contributed by atoms with E-state index in [9.17, 15) is 0 Å². The lowest BCUT2D eigenvalue weighted by atomic mass is 9.69. The van der Waals surface area contributed by atoms with Crippen molar-refractivity contribution in [2.75, 3.05) is 26.7 Å². The molecule has 0 aromatic carbocycles. The first-order valence-electron chi connectivity index (χ1n) is 11.3. The monoisotopic (exact) mass is 411 g/mol. The van der Waals surface area contributed by atoms with Crippen LogP contribution >= 0.6 is 11.6 Å². The van der Waals surface area contributed by atoms with Crippen molar-refractivity contribution >= 4 is 11.6 Å². The van der Waals surface area contributed by atoms with Crippen molar-refractivity contribution in [2.24, 2.45) is 11.8 Å². The molecule has 7 heteroatoms. The molecule has 0 aromatic rings. The van der Waals surface area contributed by atoms with Crippen molar-refractivity contribution in [1.82, 2.24) is 26.6 Å². The molecule has 0 bridgehead atoms. The van der Waals surface area contributed by atoms with Crippen LogP contribution in [0.4, 0.5) is 0 Å². The summed E-state index contributed by atoms with van der Waals surface area (Å²) < 4.78 is 6.33. The minimum Gasteiger partial charge on any atom is -0.377 e. The zero-order valence-electron chi connectivity index (χ0n) is 17.3. The molecule has 8 unspecified atom stereocenters. The Morgan fingerprint density at radius 2 is 2.11 bits per heavy atom. The average molecular weight is 412 g/mol. The number of nitrogens with one attached hydrogen (secondary N) is 5. The highest BCUT2D eigenvalue weighted by atomic mass is 35.5. The summed E-state index contributed by atoms with van der Waals surface area (Å²) in [6.07, 6.45) is 10.0. The first kappa shape index (κ1) is 21.0. The van der Waals surface area contributed by atoms with E-state index in [0.717, 1.165) is 39.0 Å². The first-order valence-corrected chi connectivity index (χ1v) is 11.7. The lowest BCUT2D eigenvalue weighted by Gasteiger charge is -2.49. The van der Waals surface area contributed by atoms with E-state index in [2.05, 4.69) is 39.6 Å². The van der Waals surface area contributed by atoms with Gasteiger partial charge in [0, 0.05) is 31.2 Å². The largest absolute Gasteiger partial charge is 0.377 e. The smallest absolute Gasteiger partial charge is 0.113 e. The van der Waals surface area contributed by atoms with Crippen molar-refractivity contribution in [3.8, 4) is 0 Å². The molecule has 0 amide bonds. The SMILES string of the molecule is CNC1CC(C)NC(NC2CC3CCCOC3C(C3=CCNCCC3)C2Cl)N1. The van der Waals surface area contributed by atoms with Crippen LogP contribution in [-0.2, 0) is 4.74 Å². The van der Waals surface area contributed by atoms with Gasteiger partial charge < -0.3 is 15.4 Å². The molecule has 6 nitrogen and oxygen atoms in total. The van der Waals surface area contributed by atoms with E-state index in [0.29, 0.717) is 24.0 Å². The van der Waals surface area contributed by atoms with Gasteiger partial charge in [-0.1, -0.05) is 11.6 Å². The summed E-state index contributed by atoms with van der Waals surface area (Å²) in [5.41, 5.74) is 1.51. The molecule has 1 saturated carbocycles. The van der Waals surface area contributed by atoms with E-state index >= 15 is 0 Å². The number of ether oxygens (including phenoxy) is 1. The molecule has 4 aliphatic rings. The molecule has 3 aliphatic heterocycles. The van der Waals surface area contributed by atoms with Gasteiger partial charge in [0.1, 0.15) is 6.29 Å². The lowest BCUT2D eigenvalue weighted by molar-refractivity contribution is -0.0781. The fourth-order valence-corrected chi connectivity index (χ4v) is 6.12. The average Bonchev–Trinajstić information content (AvgIpc) is 2.97. The Kier molecular flexibility index (Phi) is 7.31. The van der Waals surface area contributed by atoms with Gasteiger partial charge in [0.2, 0.25) is 0 Å². The van der Waals surface area contributed by atoms with Gasteiger partial charge in [-0.05, 0) is 65.0 Å². The fourth-order valence-electron chi connectivity index (χ4n) is 5.64. The summed E-state index contributed by atoms with van der Waals surface area (Å²) in [6, 6.07) is 0.741. The van der Waals surface area contributed by atoms with Crippen LogP contribution in [0.15, 0.2) is 11.6 Å². The Morgan fingerprint density at radius 1 is 1.21 bits per heavy atom. The van der Waals surface area contributed by atoms with Crippen molar-refractivity contribution in [2.45, 2.75) is 81.5 Å². The Hall–Kier alpha value is -0.210. The van der Waals surface area contributed by atoms with Crippen molar-refractivity contribution in [1.29, 1.82) is 0 Å². The topological polar surface area (TPSA) is 69.4 Å². The molecule has 5 N–H and O–H groups in total. The Balaban J connectivity index is 1.50. The van der Waals surface area contributed by atoms with E-state index in [4.69, 9.17) is 16.3 Å². The van der Waals surface area contributed by atoms with Gasteiger partial charge >= 0.3 is 0 Å². The third-order valence-corrected chi connectivity index (χ3v) is 7.60. The number of halogens is 1. The maximum Gasteiger partial charge on any atom is 0.113 e. The van der Waals surface area contributed by atoms with Crippen LogP contribution in [0.5, 0.6) is 0 Å². The van der Waals surface area contributed by atoms with Crippen LogP contribution in [0.3, 0.4) is 0 Å². The number of hydrogen-bond donors (Lipinski definition) is 5. The Bertz CT molecular complexity index is 547. The van der Waals surface area contributed by atoms with Crippen LogP contribution in [0.1, 0.15) is 45.4 Å². The van der Waals surface area contributed by atoms with Crippen LogP contribution < -0.4 is 26.6 Å². The lowest BCUT2D eigenvalue weighted by Crippen LogP contribution is -2.69. The summed E-state index contributed by atoms with van der Waals surface area (Å²) in [5, 5.41) is 18.0. The molecule has 1 aliphatic carbocycles. The second kappa shape index (κ2) is 9.73. The number of rotatable bonds is 4. The van der Waals surface area contributed by atoms with E-state index in [1.54, 1.807) is 0 Å². The van der Waals surface area contributed by atoms with E-state index in [1.165, 1.54) is 24.8 Å². The van der Waals surface area contributed by atoms with Gasteiger partial charge in [0.05, 0.1) is 17.6 Å². The third-order valence-electron chi connectivity index (χ3n) is 7.03. The molecule has 8 atom stereocenters. The second-order valence-electron chi connectivity index (χ2n) is 9.05. The molecule has 3 heterocycles.